The Morgan fingerprint density at radius 1 is 1.54 bits per heavy atom. The van der Waals surface area contributed by atoms with Crippen LogP contribution in [-0.2, 0) is 9.59 Å². The number of carbonyl (C=O) groups is 2. The third-order valence-corrected chi connectivity index (χ3v) is 1.63. The second-order valence-corrected chi connectivity index (χ2v) is 2.84. The van der Waals surface area contributed by atoms with Crippen molar-refractivity contribution < 1.29 is 14.7 Å². The second-order valence-electron chi connectivity index (χ2n) is 2.84. The van der Waals surface area contributed by atoms with E-state index in [1.807, 2.05) is 6.92 Å². The van der Waals surface area contributed by atoms with Crippen LogP contribution in [0.3, 0.4) is 0 Å². The molecule has 0 aromatic heterocycles. The Bertz CT molecular complexity index is 182. The molecule has 4 N–H and O–H groups in total. The van der Waals surface area contributed by atoms with E-state index in [2.05, 4.69) is 5.32 Å². The summed E-state index contributed by atoms with van der Waals surface area (Å²) in [5.74, 6) is -1.40. The summed E-state index contributed by atoms with van der Waals surface area (Å²) in [5.41, 5.74) is 5.07. The Morgan fingerprint density at radius 2 is 2.15 bits per heavy atom. The Labute approximate surface area is 77.3 Å². The highest BCUT2D eigenvalue weighted by Crippen LogP contribution is 1.96. The van der Waals surface area contributed by atoms with Crippen molar-refractivity contribution in [3.63, 3.8) is 0 Å². The molecule has 13 heavy (non-hydrogen) atoms. The van der Waals surface area contributed by atoms with E-state index in [1.54, 1.807) is 0 Å². The van der Waals surface area contributed by atoms with Crippen LogP contribution in [-0.4, -0.2) is 29.6 Å². The fourth-order valence-electron chi connectivity index (χ4n) is 0.931. The number of aliphatic carboxylic acids is 1. The van der Waals surface area contributed by atoms with Gasteiger partial charge in [-0.1, -0.05) is 6.92 Å². The molecule has 0 aliphatic carbocycles. The molecule has 0 aliphatic heterocycles. The number of primary amides is 1. The number of amides is 1. The first-order valence-electron chi connectivity index (χ1n) is 4.32. The Hall–Kier alpha value is -1.10. The summed E-state index contributed by atoms with van der Waals surface area (Å²) in [6, 6.07) is -0.518. The van der Waals surface area contributed by atoms with Crippen molar-refractivity contribution in [3.8, 4) is 0 Å². The van der Waals surface area contributed by atoms with Crippen molar-refractivity contribution in [2.24, 2.45) is 5.73 Å². The highest BCUT2D eigenvalue weighted by atomic mass is 16.4. The average Bonchev–Trinajstić information content (AvgIpc) is 2.03. The van der Waals surface area contributed by atoms with Crippen molar-refractivity contribution >= 4 is 11.9 Å². The van der Waals surface area contributed by atoms with E-state index in [-0.39, 0.29) is 12.8 Å². The van der Waals surface area contributed by atoms with Crippen LogP contribution < -0.4 is 11.1 Å². The van der Waals surface area contributed by atoms with Gasteiger partial charge in [0, 0.05) is 6.42 Å². The molecule has 0 spiro atoms. The number of rotatable bonds is 7. The van der Waals surface area contributed by atoms with E-state index < -0.39 is 17.9 Å². The summed E-state index contributed by atoms with van der Waals surface area (Å²) in [4.78, 5) is 21.0. The Morgan fingerprint density at radius 3 is 2.54 bits per heavy atom. The van der Waals surface area contributed by atoms with E-state index in [0.717, 1.165) is 6.42 Å². The highest BCUT2D eigenvalue weighted by Gasteiger charge is 2.14. The molecule has 5 nitrogen and oxygen atoms in total. The lowest BCUT2D eigenvalue weighted by Crippen LogP contribution is -2.41. The predicted molar refractivity (Wildman–Crippen MR) is 48.1 cm³/mol. The first-order valence-corrected chi connectivity index (χ1v) is 4.32. The van der Waals surface area contributed by atoms with Crippen LogP contribution in [0.15, 0.2) is 0 Å². The maximum Gasteiger partial charge on any atom is 0.303 e. The lowest BCUT2D eigenvalue weighted by atomic mass is 10.1. The summed E-state index contributed by atoms with van der Waals surface area (Å²) < 4.78 is 0. The van der Waals surface area contributed by atoms with Gasteiger partial charge in [0.25, 0.3) is 0 Å². The van der Waals surface area contributed by atoms with E-state index in [0.29, 0.717) is 6.54 Å². The van der Waals surface area contributed by atoms with E-state index in [1.165, 1.54) is 0 Å². The molecule has 1 unspecified atom stereocenters. The third kappa shape index (κ3) is 6.10. The number of carboxylic acids is 1. The van der Waals surface area contributed by atoms with Crippen molar-refractivity contribution in [2.45, 2.75) is 32.2 Å². The summed E-state index contributed by atoms with van der Waals surface area (Å²) in [7, 11) is 0. The minimum Gasteiger partial charge on any atom is -0.481 e. The topological polar surface area (TPSA) is 92.4 Å². The number of carbonyl (C=O) groups excluding carboxylic acids is 1. The van der Waals surface area contributed by atoms with Gasteiger partial charge in [0.15, 0.2) is 0 Å². The largest absolute Gasteiger partial charge is 0.481 e. The molecule has 1 atom stereocenters. The minimum atomic E-state index is -0.912. The van der Waals surface area contributed by atoms with Crippen LogP contribution >= 0.6 is 0 Å². The zero-order valence-electron chi connectivity index (χ0n) is 7.75. The van der Waals surface area contributed by atoms with Gasteiger partial charge in [0.05, 0.1) is 6.04 Å². The standard InChI is InChI=1S/C8H16N2O3/c1-2-5-10-6(8(9)13)3-4-7(11)12/h6,10H,2-5H2,1H3,(H2,9,13)(H,11,12). The lowest BCUT2D eigenvalue weighted by molar-refractivity contribution is -0.137. The Balaban J connectivity index is 3.80. The van der Waals surface area contributed by atoms with Gasteiger partial charge in [-0.05, 0) is 19.4 Å². The van der Waals surface area contributed by atoms with E-state index in [4.69, 9.17) is 10.8 Å². The monoisotopic (exact) mass is 188 g/mol. The Kier molecular flexibility index (Phi) is 5.88. The molecular weight excluding hydrogens is 172 g/mol. The quantitative estimate of drug-likeness (QED) is 0.511. The van der Waals surface area contributed by atoms with Crippen LogP contribution in [0, 0.1) is 0 Å². The van der Waals surface area contributed by atoms with Gasteiger partial charge in [-0.15, -0.1) is 0 Å². The first-order chi connectivity index (χ1) is 6.07. The number of carboxylic acid groups (broad SMARTS) is 1. The zero-order valence-corrected chi connectivity index (χ0v) is 7.75. The second kappa shape index (κ2) is 6.42. The van der Waals surface area contributed by atoms with Gasteiger partial charge in [0.1, 0.15) is 0 Å². The maximum absolute atomic E-state index is 10.8. The molecule has 0 aromatic rings. The molecule has 0 aromatic carbocycles. The molecule has 0 radical (unpaired) electrons. The van der Waals surface area contributed by atoms with Crippen LogP contribution in [0.5, 0.6) is 0 Å². The van der Waals surface area contributed by atoms with Gasteiger partial charge in [0.2, 0.25) is 5.91 Å². The van der Waals surface area contributed by atoms with Crippen molar-refractivity contribution in [1.82, 2.24) is 5.32 Å². The molecule has 1 amide bonds. The van der Waals surface area contributed by atoms with E-state index in [9.17, 15) is 9.59 Å². The van der Waals surface area contributed by atoms with Gasteiger partial charge in [-0.25, -0.2) is 0 Å². The first kappa shape index (κ1) is 11.9. The molecule has 0 rings (SSSR count). The smallest absolute Gasteiger partial charge is 0.303 e. The summed E-state index contributed by atoms with van der Waals surface area (Å²) in [6.45, 7) is 2.63. The summed E-state index contributed by atoms with van der Waals surface area (Å²) in [5, 5.41) is 11.3. The lowest BCUT2D eigenvalue weighted by Gasteiger charge is -2.13. The molecule has 0 bridgehead atoms. The van der Waals surface area contributed by atoms with Crippen molar-refractivity contribution in [1.29, 1.82) is 0 Å². The average molecular weight is 188 g/mol. The van der Waals surface area contributed by atoms with Crippen molar-refractivity contribution in [3.05, 3.63) is 0 Å². The van der Waals surface area contributed by atoms with Crippen molar-refractivity contribution in [2.75, 3.05) is 6.54 Å². The van der Waals surface area contributed by atoms with Gasteiger partial charge >= 0.3 is 5.97 Å². The number of nitrogens with one attached hydrogen (secondary N) is 1. The number of nitrogens with two attached hydrogens (primary N) is 1. The molecule has 5 heteroatoms. The van der Waals surface area contributed by atoms with E-state index >= 15 is 0 Å². The zero-order chi connectivity index (χ0) is 10.3. The third-order valence-electron chi connectivity index (χ3n) is 1.63. The number of hydrogen-bond donors (Lipinski definition) is 3. The van der Waals surface area contributed by atoms with Crippen LogP contribution in [0.25, 0.3) is 0 Å². The molecule has 0 aliphatic rings. The van der Waals surface area contributed by atoms with Gasteiger partial charge < -0.3 is 16.2 Å². The van der Waals surface area contributed by atoms with Gasteiger partial charge in [-0.3, -0.25) is 9.59 Å². The molecule has 0 saturated carbocycles. The van der Waals surface area contributed by atoms with Crippen LogP contribution in [0.2, 0.25) is 0 Å². The van der Waals surface area contributed by atoms with Crippen LogP contribution in [0.4, 0.5) is 0 Å². The normalized spacial score (nSPS) is 12.4. The highest BCUT2D eigenvalue weighted by molar-refractivity contribution is 5.80. The SMILES string of the molecule is CCCNC(CCC(=O)O)C(N)=O. The predicted octanol–water partition coefficient (Wildman–Crippen LogP) is -0.295. The molecule has 0 fully saturated rings. The summed E-state index contributed by atoms with van der Waals surface area (Å²) in [6.07, 6.45) is 1.10. The molecular formula is C8H16N2O3. The fraction of sp³-hybridized carbons (Fsp3) is 0.750. The summed E-state index contributed by atoms with van der Waals surface area (Å²) >= 11 is 0. The molecule has 76 valence electrons. The fourth-order valence-corrected chi connectivity index (χ4v) is 0.931. The maximum atomic E-state index is 10.8. The molecule has 0 heterocycles. The van der Waals surface area contributed by atoms with Gasteiger partial charge in [-0.2, -0.15) is 0 Å². The minimum absolute atomic E-state index is 0.0374. The van der Waals surface area contributed by atoms with Crippen LogP contribution in [0.1, 0.15) is 26.2 Å². The molecule has 0 saturated heterocycles. The number of hydrogen-bond acceptors (Lipinski definition) is 3.